The molecular formula is C23H24FN3O2. The van der Waals surface area contributed by atoms with Crippen molar-refractivity contribution in [2.45, 2.75) is 38.1 Å². The van der Waals surface area contributed by atoms with E-state index in [-0.39, 0.29) is 17.5 Å². The highest BCUT2D eigenvalue weighted by Gasteiger charge is 2.25. The fraction of sp³-hybridized carbons (Fsp3) is 0.304. The van der Waals surface area contributed by atoms with Gasteiger partial charge in [0.15, 0.2) is 11.5 Å². The summed E-state index contributed by atoms with van der Waals surface area (Å²) in [5.74, 6) is 0.240. The largest absolute Gasteiger partial charge is 0.449 e. The molecule has 4 rings (SSSR count). The number of rotatable bonds is 6. The lowest BCUT2D eigenvalue weighted by atomic mass is 9.95. The van der Waals surface area contributed by atoms with Crippen LogP contribution in [-0.4, -0.2) is 22.0 Å². The third-order valence-electron chi connectivity index (χ3n) is 5.35. The third kappa shape index (κ3) is 4.01. The van der Waals surface area contributed by atoms with E-state index in [1.165, 1.54) is 31.4 Å². The zero-order valence-electron chi connectivity index (χ0n) is 16.2. The monoisotopic (exact) mass is 393 g/mol. The summed E-state index contributed by atoms with van der Waals surface area (Å²) < 4.78 is 21.5. The number of aromatic nitrogens is 2. The predicted molar refractivity (Wildman–Crippen MR) is 110 cm³/mol. The van der Waals surface area contributed by atoms with Crippen molar-refractivity contribution in [2.24, 2.45) is 0 Å². The van der Waals surface area contributed by atoms with E-state index in [1.807, 2.05) is 6.33 Å². The molecule has 1 saturated carbocycles. The number of benzene rings is 1. The molecule has 1 amide bonds. The first-order valence-corrected chi connectivity index (χ1v) is 9.99. The molecule has 0 atom stereocenters. The highest BCUT2D eigenvalue weighted by molar-refractivity contribution is 5.92. The first kappa shape index (κ1) is 19.2. The Balaban J connectivity index is 1.76. The van der Waals surface area contributed by atoms with E-state index < -0.39 is 0 Å². The van der Waals surface area contributed by atoms with Crippen molar-refractivity contribution < 1.29 is 13.6 Å². The summed E-state index contributed by atoms with van der Waals surface area (Å²) in [5.41, 5.74) is 2.36. The number of carbonyl (C=O) groups is 1. The summed E-state index contributed by atoms with van der Waals surface area (Å²) in [7, 11) is 0. The predicted octanol–water partition coefficient (Wildman–Crippen LogP) is 5.37. The first-order chi connectivity index (χ1) is 14.2. The number of halogens is 1. The van der Waals surface area contributed by atoms with Crippen molar-refractivity contribution in [1.82, 2.24) is 14.9 Å². The van der Waals surface area contributed by atoms with Crippen molar-refractivity contribution in [2.75, 3.05) is 6.54 Å². The van der Waals surface area contributed by atoms with Gasteiger partial charge in [-0.15, -0.1) is 6.58 Å². The van der Waals surface area contributed by atoms with Crippen LogP contribution in [0.25, 0.3) is 22.7 Å². The minimum atomic E-state index is -0.291. The summed E-state index contributed by atoms with van der Waals surface area (Å²) in [6.45, 7) is 3.97. The topological polar surface area (TPSA) is 60.1 Å². The van der Waals surface area contributed by atoms with Crippen molar-refractivity contribution in [3.05, 3.63) is 67.0 Å². The quantitative estimate of drug-likeness (QED) is 0.573. The van der Waals surface area contributed by atoms with Gasteiger partial charge < -0.3 is 14.3 Å². The van der Waals surface area contributed by atoms with E-state index in [0.29, 0.717) is 18.3 Å². The molecule has 1 N–H and O–H groups in total. The summed E-state index contributed by atoms with van der Waals surface area (Å²) >= 11 is 0. The van der Waals surface area contributed by atoms with Crippen molar-refractivity contribution >= 4 is 5.91 Å². The molecule has 0 radical (unpaired) electrons. The lowest BCUT2D eigenvalue weighted by Crippen LogP contribution is -2.22. The Bertz CT molecular complexity index is 998. The van der Waals surface area contributed by atoms with E-state index in [9.17, 15) is 9.18 Å². The molecule has 0 aliphatic heterocycles. The van der Waals surface area contributed by atoms with Crippen LogP contribution in [0.3, 0.4) is 0 Å². The van der Waals surface area contributed by atoms with E-state index >= 15 is 0 Å². The van der Waals surface area contributed by atoms with Crippen LogP contribution in [0.4, 0.5) is 4.39 Å². The van der Waals surface area contributed by atoms with Crippen LogP contribution in [0.2, 0.25) is 0 Å². The number of amides is 1. The summed E-state index contributed by atoms with van der Waals surface area (Å²) in [4.78, 5) is 16.9. The van der Waals surface area contributed by atoms with Crippen molar-refractivity contribution in [1.29, 1.82) is 0 Å². The Labute approximate surface area is 169 Å². The second-order valence-electron chi connectivity index (χ2n) is 7.31. The lowest BCUT2D eigenvalue weighted by molar-refractivity contribution is 0.0931. The highest BCUT2D eigenvalue weighted by Crippen LogP contribution is 2.38. The van der Waals surface area contributed by atoms with Gasteiger partial charge in [0, 0.05) is 18.2 Å². The third-order valence-corrected chi connectivity index (χ3v) is 5.35. The Morgan fingerprint density at radius 2 is 1.97 bits per heavy atom. The van der Waals surface area contributed by atoms with Crippen LogP contribution in [0.15, 0.2) is 59.8 Å². The SMILES string of the molecule is C=CCNC(=O)c1ccc(-c2c(-c3ccc(F)cc3)ncn2C2CCCCC2)o1. The minimum Gasteiger partial charge on any atom is -0.449 e. The zero-order chi connectivity index (χ0) is 20.2. The molecule has 1 aliphatic carbocycles. The number of imidazole rings is 1. The summed E-state index contributed by atoms with van der Waals surface area (Å²) in [5, 5.41) is 2.72. The average molecular weight is 393 g/mol. The van der Waals surface area contributed by atoms with E-state index in [0.717, 1.165) is 29.8 Å². The molecule has 0 unspecified atom stereocenters. The highest BCUT2D eigenvalue weighted by atomic mass is 19.1. The van der Waals surface area contributed by atoms with E-state index in [4.69, 9.17) is 4.42 Å². The number of nitrogens with one attached hydrogen (secondary N) is 1. The molecule has 2 heterocycles. The van der Waals surface area contributed by atoms with Crippen LogP contribution in [0.5, 0.6) is 0 Å². The van der Waals surface area contributed by atoms with Gasteiger partial charge in [0.05, 0.1) is 12.0 Å². The summed E-state index contributed by atoms with van der Waals surface area (Å²) in [6, 6.07) is 10.1. The molecule has 5 nitrogen and oxygen atoms in total. The second kappa shape index (κ2) is 8.47. The Hall–Kier alpha value is -3.15. The molecule has 1 fully saturated rings. The number of hydrogen-bond donors (Lipinski definition) is 1. The number of furan rings is 1. The van der Waals surface area contributed by atoms with Gasteiger partial charge in [0.1, 0.15) is 11.5 Å². The normalized spacial score (nSPS) is 14.7. The maximum absolute atomic E-state index is 13.4. The van der Waals surface area contributed by atoms with Crippen molar-refractivity contribution in [3.63, 3.8) is 0 Å². The average Bonchev–Trinajstić information content (AvgIpc) is 3.40. The van der Waals surface area contributed by atoms with Crippen molar-refractivity contribution in [3.8, 4) is 22.7 Å². The Morgan fingerprint density at radius 3 is 2.69 bits per heavy atom. The molecule has 0 spiro atoms. The van der Waals surface area contributed by atoms with Gasteiger partial charge in [-0.3, -0.25) is 4.79 Å². The number of carbonyl (C=O) groups excluding carboxylic acids is 1. The molecule has 29 heavy (non-hydrogen) atoms. The standard InChI is InChI=1S/C23H24FN3O2/c1-2-14-25-23(28)20-13-12-19(29-20)22-21(16-8-10-17(24)11-9-16)26-15-27(22)18-6-4-3-5-7-18/h2,8-13,15,18H,1,3-7,14H2,(H,25,28). The molecule has 2 aromatic heterocycles. The second-order valence-corrected chi connectivity index (χ2v) is 7.31. The van der Waals surface area contributed by atoms with E-state index in [2.05, 4.69) is 21.4 Å². The van der Waals surface area contributed by atoms with Gasteiger partial charge in [-0.05, 0) is 49.2 Å². The maximum atomic E-state index is 13.4. The maximum Gasteiger partial charge on any atom is 0.287 e. The summed E-state index contributed by atoms with van der Waals surface area (Å²) in [6.07, 6.45) is 9.23. The molecular weight excluding hydrogens is 369 g/mol. The fourth-order valence-electron chi connectivity index (χ4n) is 3.90. The van der Waals surface area contributed by atoms with Crippen LogP contribution in [0.1, 0.15) is 48.7 Å². The fourth-order valence-corrected chi connectivity index (χ4v) is 3.90. The Morgan fingerprint density at radius 1 is 1.21 bits per heavy atom. The van der Waals surface area contributed by atoms with Gasteiger partial charge >= 0.3 is 0 Å². The molecule has 6 heteroatoms. The minimum absolute atomic E-state index is 0.239. The molecule has 150 valence electrons. The van der Waals surface area contributed by atoms with Gasteiger partial charge in [-0.25, -0.2) is 9.37 Å². The lowest BCUT2D eigenvalue weighted by Gasteiger charge is -2.24. The van der Waals surface area contributed by atoms with Gasteiger partial charge in [0.25, 0.3) is 5.91 Å². The van der Waals surface area contributed by atoms with Crippen LogP contribution in [-0.2, 0) is 0 Å². The zero-order valence-corrected chi connectivity index (χ0v) is 16.2. The molecule has 1 aromatic carbocycles. The van der Waals surface area contributed by atoms with Crippen LogP contribution >= 0.6 is 0 Å². The van der Waals surface area contributed by atoms with Crippen LogP contribution in [0, 0.1) is 5.82 Å². The molecule has 3 aromatic rings. The Kier molecular flexibility index (Phi) is 5.60. The number of hydrogen-bond acceptors (Lipinski definition) is 3. The molecule has 0 saturated heterocycles. The first-order valence-electron chi connectivity index (χ1n) is 9.99. The van der Waals surface area contributed by atoms with Crippen LogP contribution < -0.4 is 5.32 Å². The smallest absolute Gasteiger partial charge is 0.287 e. The van der Waals surface area contributed by atoms with Gasteiger partial charge in [-0.2, -0.15) is 0 Å². The van der Waals surface area contributed by atoms with Gasteiger partial charge in [-0.1, -0.05) is 25.3 Å². The molecule has 1 aliphatic rings. The van der Waals surface area contributed by atoms with E-state index in [1.54, 1.807) is 30.3 Å². The van der Waals surface area contributed by atoms with Gasteiger partial charge in [0.2, 0.25) is 0 Å². The molecule has 0 bridgehead atoms. The number of nitrogens with zero attached hydrogens (tertiary/aromatic N) is 2.